The van der Waals surface area contributed by atoms with E-state index in [-0.39, 0.29) is 17.3 Å². The lowest BCUT2D eigenvalue weighted by atomic mass is 10.2. The molecule has 0 aliphatic carbocycles. The number of carbonyl (C=O) groups is 1. The third-order valence-corrected chi connectivity index (χ3v) is 5.75. The molecule has 6 nitrogen and oxygen atoms in total. The number of nitriles is 1. The third-order valence-electron chi connectivity index (χ3n) is 4.50. The Morgan fingerprint density at radius 1 is 1.06 bits per heavy atom. The summed E-state index contributed by atoms with van der Waals surface area (Å²) in [6, 6.07) is 22.1. The standard InChI is InChI=1S/C23H15ClFN5OS/c24-17-9-3-2-8-16(17)22-28-29-23(30(22)20-12-6-4-10-18(20)25)32-14-21(31)27-19-11-5-1-7-15(19)13-26/h1-12H,14H2,(H,27,31). The quantitative estimate of drug-likeness (QED) is 0.391. The number of hydrogen-bond donors (Lipinski definition) is 1. The number of carbonyl (C=O) groups excluding carboxylic acids is 1. The van der Waals surface area contributed by atoms with Crippen molar-refractivity contribution in [3.05, 3.63) is 89.2 Å². The van der Waals surface area contributed by atoms with Crippen molar-refractivity contribution in [2.75, 3.05) is 11.1 Å². The summed E-state index contributed by atoms with van der Waals surface area (Å²) < 4.78 is 16.2. The number of para-hydroxylation sites is 2. The maximum atomic E-state index is 14.7. The largest absolute Gasteiger partial charge is 0.324 e. The molecule has 0 spiro atoms. The number of aromatic nitrogens is 3. The summed E-state index contributed by atoms with van der Waals surface area (Å²) in [6.07, 6.45) is 0. The van der Waals surface area contributed by atoms with Crippen LogP contribution in [-0.2, 0) is 4.79 Å². The van der Waals surface area contributed by atoms with Crippen LogP contribution in [0.5, 0.6) is 0 Å². The van der Waals surface area contributed by atoms with Gasteiger partial charge in [0.25, 0.3) is 0 Å². The number of anilines is 1. The van der Waals surface area contributed by atoms with Crippen LogP contribution in [0.25, 0.3) is 17.1 Å². The molecule has 3 aromatic carbocycles. The Balaban J connectivity index is 1.65. The molecule has 0 fully saturated rings. The van der Waals surface area contributed by atoms with Crippen LogP contribution >= 0.6 is 23.4 Å². The summed E-state index contributed by atoms with van der Waals surface area (Å²) in [5.41, 5.74) is 1.61. The minimum absolute atomic E-state index is 0.0190. The molecular weight excluding hydrogens is 449 g/mol. The number of hydrogen-bond acceptors (Lipinski definition) is 5. The van der Waals surface area contributed by atoms with Gasteiger partial charge >= 0.3 is 0 Å². The van der Waals surface area contributed by atoms with Gasteiger partial charge in [0.1, 0.15) is 11.9 Å². The van der Waals surface area contributed by atoms with Crippen LogP contribution in [0.2, 0.25) is 5.02 Å². The molecule has 0 radical (unpaired) electrons. The monoisotopic (exact) mass is 463 g/mol. The van der Waals surface area contributed by atoms with Gasteiger partial charge in [-0.25, -0.2) is 4.39 Å². The van der Waals surface area contributed by atoms with E-state index in [9.17, 15) is 14.4 Å². The van der Waals surface area contributed by atoms with Gasteiger partial charge in [0.15, 0.2) is 11.0 Å². The summed E-state index contributed by atoms with van der Waals surface area (Å²) in [5, 5.41) is 21.1. The van der Waals surface area contributed by atoms with Crippen LogP contribution in [0.3, 0.4) is 0 Å². The average Bonchev–Trinajstić information content (AvgIpc) is 3.22. The summed E-state index contributed by atoms with van der Waals surface area (Å²) in [5.74, 6) is -0.456. The fraction of sp³-hybridized carbons (Fsp3) is 0.0435. The Morgan fingerprint density at radius 3 is 2.56 bits per heavy atom. The van der Waals surface area contributed by atoms with Gasteiger partial charge in [0.2, 0.25) is 5.91 Å². The Bertz CT molecular complexity index is 1330. The highest BCUT2D eigenvalue weighted by molar-refractivity contribution is 7.99. The van der Waals surface area contributed by atoms with Crippen LogP contribution in [0, 0.1) is 17.1 Å². The van der Waals surface area contributed by atoms with E-state index < -0.39 is 5.82 Å². The van der Waals surface area contributed by atoms with E-state index in [0.29, 0.717) is 32.8 Å². The van der Waals surface area contributed by atoms with E-state index in [0.717, 1.165) is 11.8 Å². The van der Waals surface area contributed by atoms with Crippen LogP contribution in [0.1, 0.15) is 5.56 Å². The highest BCUT2D eigenvalue weighted by Gasteiger charge is 2.21. The first-order chi connectivity index (χ1) is 15.6. The maximum absolute atomic E-state index is 14.7. The lowest BCUT2D eigenvalue weighted by Gasteiger charge is -2.12. The molecule has 4 rings (SSSR count). The Kier molecular flexibility index (Phi) is 6.50. The molecule has 0 bridgehead atoms. The normalized spacial score (nSPS) is 10.5. The van der Waals surface area contributed by atoms with E-state index in [1.807, 2.05) is 6.07 Å². The van der Waals surface area contributed by atoms with Gasteiger partial charge in [0.05, 0.1) is 27.7 Å². The number of halogens is 2. The maximum Gasteiger partial charge on any atom is 0.234 e. The minimum atomic E-state index is -0.463. The summed E-state index contributed by atoms with van der Waals surface area (Å²) >= 11 is 7.44. The number of nitrogens with one attached hydrogen (secondary N) is 1. The van der Waals surface area contributed by atoms with Crippen molar-refractivity contribution in [2.45, 2.75) is 5.16 Å². The van der Waals surface area contributed by atoms with Crippen molar-refractivity contribution in [1.82, 2.24) is 14.8 Å². The fourth-order valence-electron chi connectivity index (χ4n) is 3.04. The second-order valence-corrected chi connectivity index (χ2v) is 7.92. The first-order valence-corrected chi connectivity index (χ1v) is 10.8. The Morgan fingerprint density at radius 2 is 1.78 bits per heavy atom. The van der Waals surface area contributed by atoms with Crippen molar-refractivity contribution < 1.29 is 9.18 Å². The molecule has 1 amide bonds. The minimum Gasteiger partial charge on any atom is -0.324 e. The molecule has 0 unspecified atom stereocenters. The molecule has 1 N–H and O–H groups in total. The first kappa shape index (κ1) is 21.6. The summed E-state index contributed by atoms with van der Waals surface area (Å²) in [4.78, 5) is 12.5. The second kappa shape index (κ2) is 9.64. The zero-order valence-electron chi connectivity index (χ0n) is 16.5. The fourth-order valence-corrected chi connectivity index (χ4v) is 4.00. The third kappa shape index (κ3) is 4.49. The van der Waals surface area contributed by atoms with Crippen LogP contribution in [0.4, 0.5) is 10.1 Å². The number of rotatable bonds is 6. The lowest BCUT2D eigenvalue weighted by molar-refractivity contribution is -0.113. The van der Waals surface area contributed by atoms with Gasteiger partial charge in [-0.2, -0.15) is 5.26 Å². The molecule has 0 saturated heterocycles. The van der Waals surface area contributed by atoms with Crippen LogP contribution < -0.4 is 5.32 Å². The molecular formula is C23H15ClFN5OS. The summed E-state index contributed by atoms with van der Waals surface area (Å²) in [7, 11) is 0. The van der Waals surface area contributed by atoms with E-state index >= 15 is 0 Å². The van der Waals surface area contributed by atoms with Gasteiger partial charge in [-0.15, -0.1) is 10.2 Å². The van der Waals surface area contributed by atoms with Gasteiger partial charge < -0.3 is 5.32 Å². The molecule has 0 aliphatic heterocycles. The number of nitrogens with zero attached hydrogens (tertiary/aromatic N) is 4. The van der Waals surface area contributed by atoms with Gasteiger partial charge in [0, 0.05) is 5.56 Å². The van der Waals surface area contributed by atoms with E-state index in [2.05, 4.69) is 15.5 Å². The Labute approximate surface area is 192 Å². The number of benzene rings is 3. The molecule has 1 aromatic heterocycles. The molecule has 0 atom stereocenters. The molecule has 158 valence electrons. The van der Waals surface area contributed by atoms with Crippen molar-refractivity contribution in [3.63, 3.8) is 0 Å². The zero-order valence-corrected chi connectivity index (χ0v) is 18.1. The molecule has 4 aromatic rings. The van der Waals surface area contributed by atoms with E-state index in [1.54, 1.807) is 66.7 Å². The molecule has 0 aliphatic rings. The van der Waals surface area contributed by atoms with Crippen molar-refractivity contribution in [3.8, 4) is 23.1 Å². The highest BCUT2D eigenvalue weighted by atomic mass is 35.5. The molecule has 9 heteroatoms. The van der Waals surface area contributed by atoms with Crippen molar-refractivity contribution in [2.24, 2.45) is 0 Å². The highest BCUT2D eigenvalue weighted by Crippen LogP contribution is 2.32. The second-order valence-electron chi connectivity index (χ2n) is 6.57. The lowest BCUT2D eigenvalue weighted by Crippen LogP contribution is -2.15. The Hall–Kier alpha value is -3.67. The van der Waals surface area contributed by atoms with Crippen molar-refractivity contribution in [1.29, 1.82) is 5.26 Å². The number of amides is 1. The van der Waals surface area contributed by atoms with Gasteiger partial charge in [-0.05, 0) is 36.4 Å². The van der Waals surface area contributed by atoms with Gasteiger partial charge in [-0.1, -0.05) is 59.8 Å². The SMILES string of the molecule is N#Cc1ccccc1NC(=O)CSc1nnc(-c2ccccc2Cl)n1-c1ccccc1F. The van der Waals surface area contributed by atoms with E-state index in [4.69, 9.17) is 11.6 Å². The smallest absolute Gasteiger partial charge is 0.234 e. The zero-order chi connectivity index (χ0) is 22.5. The first-order valence-electron chi connectivity index (χ1n) is 9.45. The topological polar surface area (TPSA) is 83.6 Å². The van der Waals surface area contributed by atoms with Crippen LogP contribution in [0.15, 0.2) is 78.0 Å². The summed E-state index contributed by atoms with van der Waals surface area (Å²) in [6.45, 7) is 0. The molecule has 1 heterocycles. The predicted molar refractivity (Wildman–Crippen MR) is 122 cm³/mol. The van der Waals surface area contributed by atoms with Crippen molar-refractivity contribution >= 4 is 35.0 Å². The van der Waals surface area contributed by atoms with Gasteiger partial charge in [-0.3, -0.25) is 9.36 Å². The molecule has 0 saturated carbocycles. The van der Waals surface area contributed by atoms with Crippen LogP contribution in [-0.4, -0.2) is 26.4 Å². The van der Waals surface area contributed by atoms with E-state index in [1.165, 1.54) is 10.6 Å². The average molecular weight is 464 g/mol. The predicted octanol–water partition coefficient (Wildman–Crippen LogP) is 5.33. The number of thioether (sulfide) groups is 1. The molecule has 32 heavy (non-hydrogen) atoms.